The molecule has 26 heavy (non-hydrogen) atoms. The van der Waals surface area contributed by atoms with Gasteiger partial charge in [-0.15, -0.1) is 0 Å². The van der Waals surface area contributed by atoms with Gasteiger partial charge in [0.05, 0.1) is 5.56 Å². The molecule has 0 spiro atoms. The number of piperidine rings is 1. The van der Waals surface area contributed by atoms with Crippen LogP contribution in [0.1, 0.15) is 36.0 Å². The first kappa shape index (κ1) is 18.0. The summed E-state index contributed by atoms with van der Waals surface area (Å²) in [6, 6.07) is 3.49. The molecule has 3 heterocycles. The van der Waals surface area contributed by atoms with E-state index in [1.165, 1.54) is 0 Å². The number of imide groups is 1. The van der Waals surface area contributed by atoms with E-state index in [1.807, 2.05) is 0 Å². The third-order valence-electron chi connectivity index (χ3n) is 4.85. The zero-order chi connectivity index (χ0) is 18.5. The van der Waals surface area contributed by atoms with Crippen LogP contribution in [0.2, 0.25) is 0 Å². The van der Waals surface area contributed by atoms with Crippen molar-refractivity contribution in [3.8, 4) is 0 Å². The number of nitrogens with zero attached hydrogens (tertiary/aromatic N) is 3. The third kappa shape index (κ3) is 4.25. The molecule has 1 N–H and O–H groups in total. The standard InChI is InChI=1S/C18H22N4O4/c23-15(12-22-16(24)3-4-17(22)25)20-10-13-5-8-21(9-6-13)18(26)14-2-1-7-19-11-14/h1-2,7,11,13H,3-6,8-10,12H2,(H,20,23). The van der Waals surface area contributed by atoms with Crippen molar-refractivity contribution >= 4 is 23.6 Å². The van der Waals surface area contributed by atoms with Crippen molar-refractivity contribution in [1.29, 1.82) is 0 Å². The molecule has 8 heteroatoms. The maximum atomic E-state index is 12.4. The lowest BCUT2D eigenvalue weighted by atomic mass is 9.96. The number of amides is 4. The van der Waals surface area contributed by atoms with E-state index in [-0.39, 0.29) is 48.9 Å². The Kier molecular flexibility index (Phi) is 5.60. The van der Waals surface area contributed by atoms with E-state index in [1.54, 1.807) is 29.4 Å². The van der Waals surface area contributed by atoms with Gasteiger partial charge < -0.3 is 10.2 Å². The number of nitrogens with one attached hydrogen (secondary N) is 1. The second-order valence-corrected chi connectivity index (χ2v) is 6.65. The van der Waals surface area contributed by atoms with Crippen LogP contribution in [0.25, 0.3) is 0 Å². The van der Waals surface area contributed by atoms with E-state index in [0.717, 1.165) is 17.7 Å². The summed E-state index contributed by atoms with van der Waals surface area (Å²) < 4.78 is 0. The molecule has 3 rings (SSSR count). The molecular weight excluding hydrogens is 336 g/mol. The Bertz CT molecular complexity index is 682. The Labute approximate surface area is 151 Å². The smallest absolute Gasteiger partial charge is 0.255 e. The van der Waals surface area contributed by atoms with Crippen molar-refractivity contribution in [2.45, 2.75) is 25.7 Å². The first-order valence-electron chi connectivity index (χ1n) is 8.84. The summed E-state index contributed by atoms with van der Waals surface area (Å²) in [7, 11) is 0. The van der Waals surface area contributed by atoms with E-state index in [4.69, 9.17) is 0 Å². The average molecular weight is 358 g/mol. The number of rotatable bonds is 5. The third-order valence-corrected chi connectivity index (χ3v) is 4.85. The fourth-order valence-corrected chi connectivity index (χ4v) is 3.27. The van der Waals surface area contributed by atoms with Crippen molar-refractivity contribution in [2.24, 2.45) is 5.92 Å². The maximum absolute atomic E-state index is 12.4. The molecule has 0 radical (unpaired) electrons. The number of pyridine rings is 1. The predicted octanol–water partition coefficient (Wildman–Crippen LogP) is 0.199. The molecule has 0 bridgehead atoms. The van der Waals surface area contributed by atoms with Gasteiger partial charge in [-0.05, 0) is 30.9 Å². The fraction of sp³-hybridized carbons (Fsp3) is 0.500. The topological polar surface area (TPSA) is 99.7 Å². The number of aromatic nitrogens is 1. The highest BCUT2D eigenvalue weighted by Gasteiger charge is 2.30. The van der Waals surface area contributed by atoms with Crippen molar-refractivity contribution in [2.75, 3.05) is 26.2 Å². The van der Waals surface area contributed by atoms with Crippen LogP contribution in [-0.2, 0) is 14.4 Å². The number of hydrogen-bond acceptors (Lipinski definition) is 5. The van der Waals surface area contributed by atoms with E-state index in [2.05, 4.69) is 10.3 Å². The summed E-state index contributed by atoms with van der Waals surface area (Å²) in [6.45, 7) is 1.56. The predicted molar refractivity (Wildman–Crippen MR) is 91.8 cm³/mol. The molecule has 2 fully saturated rings. The largest absolute Gasteiger partial charge is 0.354 e. The highest BCUT2D eigenvalue weighted by Crippen LogP contribution is 2.18. The quantitative estimate of drug-likeness (QED) is 0.758. The minimum absolute atomic E-state index is 0.0216. The molecule has 1 aromatic heterocycles. The van der Waals surface area contributed by atoms with Gasteiger partial charge in [0.15, 0.2) is 0 Å². The lowest BCUT2D eigenvalue weighted by molar-refractivity contribution is -0.142. The second kappa shape index (κ2) is 8.07. The Morgan fingerprint density at radius 2 is 1.85 bits per heavy atom. The van der Waals surface area contributed by atoms with Gasteiger partial charge in [0.2, 0.25) is 17.7 Å². The Hall–Kier alpha value is -2.77. The minimum atomic E-state index is -0.317. The molecular formula is C18H22N4O4. The van der Waals surface area contributed by atoms with Gasteiger partial charge in [-0.1, -0.05) is 0 Å². The summed E-state index contributed by atoms with van der Waals surface area (Å²) in [6.07, 6.45) is 5.18. The number of hydrogen-bond donors (Lipinski definition) is 1. The number of carbonyl (C=O) groups is 4. The van der Waals surface area contributed by atoms with Crippen molar-refractivity contribution < 1.29 is 19.2 Å². The van der Waals surface area contributed by atoms with Crippen LogP contribution in [0.15, 0.2) is 24.5 Å². The molecule has 2 saturated heterocycles. The van der Waals surface area contributed by atoms with Crippen LogP contribution >= 0.6 is 0 Å². The van der Waals surface area contributed by atoms with Crippen molar-refractivity contribution in [3.05, 3.63) is 30.1 Å². The van der Waals surface area contributed by atoms with Crippen LogP contribution in [0.4, 0.5) is 0 Å². The van der Waals surface area contributed by atoms with E-state index < -0.39 is 0 Å². The first-order chi connectivity index (χ1) is 12.5. The van der Waals surface area contributed by atoms with Crippen LogP contribution in [0.3, 0.4) is 0 Å². The van der Waals surface area contributed by atoms with E-state index in [0.29, 0.717) is 25.2 Å². The zero-order valence-electron chi connectivity index (χ0n) is 14.5. The second-order valence-electron chi connectivity index (χ2n) is 6.65. The van der Waals surface area contributed by atoms with Gasteiger partial charge in [-0.3, -0.25) is 29.1 Å². The normalized spacial score (nSPS) is 18.3. The molecule has 4 amide bonds. The molecule has 1 aromatic rings. The van der Waals surface area contributed by atoms with Crippen LogP contribution in [0, 0.1) is 5.92 Å². The molecule has 0 unspecified atom stereocenters. The Balaban J connectivity index is 1.40. The molecule has 0 aliphatic carbocycles. The summed E-state index contributed by atoms with van der Waals surface area (Å²) in [5.74, 6) is -0.629. The zero-order valence-corrected chi connectivity index (χ0v) is 14.5. The van der Waals surface area contributed by atoms with Crippen LogP contribution in [-0.4, -0.2) is 64.6 Å². The van der Waals surface area contributed by atoms with Crippen LogP contribution in [0.5, 0.6) is 0 Å². The summed E-state index contributed by atoms with van der Waals surface area (Å²) in [5.41, 5.74) is 0.583. The minimum Gasteiger partial charge on any atom is -0.354 e. The summed E-state index contributed by atoms with van der Waals surface area (Å²) >= 11 is 0. The maximum Gasteiger partial charge on any atom is 0.255 e. The van der Waals surface area contributed by atoms with Crippen LogP contribution < -0.4 is 5.32 Å². The fourth-order valence-electron chi connectivity index (χ4n) is 3.27. The van der Waals surface area contributed by atoms with E-state index in [9.17, 15) is 19.2 Å². The molecule has 138 valence electrons. The highest BCUT2D eigenvalue weighted by molar-refractivity contribution is 6.04. The molecule has 0 atom stereocenters. The van der Waals surface area contributed by atoms with Gasteiger partial charge in [-0.25, -0.2) is 0 Å². The molecule has 8 nitrogen and oxygen atoms in total. The van der Waals surface area contributed by atoms with E-state index >= 15 is 0 Å². The first-order valence-corrected chi connectivity index (χ1v) is 8.84. The molecule has 0 saturated carbocycles. The Morgan fingerprint density at radius 3 is 2.46 bits per heavy atom. The SMILES string of the molecule is O=C(CN1C(=O)CCC1=O)NCC1CCN(C(=O)c2cccnc2)CC1. The summed E-state index contributed by atoms with van der Waals surface area (Å²) in [4.78, 5) is 54.2. The van der Waals surface area contributed by atoms with Gasteiger partial charge >= 0.3 is 0 Å². The summed E-state index contributed by atoms with van der Waals surface area (Å²) in [5, 5.41) is 2.80. The number of likely N-dealkylation sites (tertiary alicyclic amines) is 2. The number of carbonyl (C=O) groups excluding carboxylic acids is 4. The molecule has 0 aromatic carbocycles. The van der Waals surface area contributed by atoms with Gasteiger partial charge in [0.1, 0.15) is 6.54 Å². The van der Waals surface area contributed by atoms with Gasteiger partial charge in [0, 0.05) is 44.9 Å². The lowest BCUT2D eigenvalue weighted by Crippen LogP contribution is -2.44. The van der Waals surface area contributed by atoms with Gasteiger partial charge in [0.25, 0.3) is 5.91 Å². The van der Waals surface area contributed by atoms with Crippen molar-refractivity contribution in [1.82, 2.24) is 20.1 Å². The van der Waals surface area contributed by atoms with Crippen molar-refractivity contribution in [3.63, 3.8) is 0 Å². The average Bonchev–Trinajstić information content (AvgIpc) is 2.99. The molecule has 2 aliphatic heterocycles. The Morgan fingerprint density at radius 1 is 1.15 bits per heavy atom. The highest BCUT2D eigenvalue weighted by atomic mass is 16.2. The monoisotopic (exact) mass is 358 g/mol. The van der Waals surface area contributed by atoms with Gasteiger partial charge in [-0.2, -0.15) is 0 Å². The lowest BCUT2D eigenvalue weighted by Gasteiger charge is -2.32. The molecule has 2 aliphatic rings.